The highest BCUT2D eigenvalue weighted by Crippen LogP contribution is 2.49. The third-order valence-corrected chi connectivity index (χ3v) is 10.5. The molecule has 0 unspecified atom stereocenters. The van der Waals surface area contributed by atoms with E-state index >= 15 is 0 Å². The number of likely N-dealkylation sites (tertiary alicyclic amines) is 1. The van der Waals surface area contributed by atoms with Crippen molar-refractivity contribution in [2.24, 2.45) is 5.73 Å². The summed E-state index contributed by atoms with van der Waals surface area (Å²) in [6, 6.07) is 18.9. The Balaban J connectivity index is 1.41. The molecule has 2 aliphatic heterocycles. The summed E-state index contributed by atoms with van der Waals surface area (Å²) in [6.45, 7) is 1.82. The van der Waals surface area contributed by atoms with E-state index in [-0.39, 0.29) is 44.0 Å². The van der Waals surface area contributed by atoms with Crippen molar-refractivity contribution in [3.8, 4) is 0 Å². The van der Waals surface area contributed by atoms with Gasteiger partial charge in [-0.2, -0.15) is 13.2 Å². The number of fused-ring (bicyclic) bond motifs is 2. The Labute approximate surface area is 277 Å². The Morgan fingerprint density at radius 3 is 2.17 bits per heavy atom. The van der Waals surface area contributed by atoms with Crippen LogP contribution in [0.3, 0.4) is 0 Å². The summed E-state index contributed by atoms with van der Waals surface area (Å²) < 4.78 is 90.7. The number of piperidine rings is 1. The van der Waals surface area contributed by atoms with Gasteiger partial charge in [0.05, 0.1) is 23.8 Å². The zero-order chi connectivity index (χ0) is 34.9. The van der Waals surface area contributed by atoms with Gasteiger partial charge in [-0.05, 0) is 68.1 Å². The molecule has 5 rings (SSSR count). The Kier molecular flexibility index (Phi) is 9.91. The van der Waals surface area contributed by atoms with Crippen LogP contribution < -0.4 is 10.0 Å². The predicted molar refractivity (Wildman–Crippen MR) is 171 cm³/mol. The van der Waals surface area contributed by atoms with Crippen LogP contribution in [-0.2, 0) is 36.4 Å². The van der Waals surface area contributed by atoms with Crippen molar-refractivity contribution in [2.45, 2.75) is 61.4 Å². The summed E-state index contributed by atoms with van der Waals surface area (Å²) in [4.78, 5) is 28.7. The number of sulfonamides is 1. The van der Waals surface area contributed by atoms with Crippen LogP contribution in [0, 0.1) is 5.82 Å². The van der Waals surface area contributed by atoms with Gasteiger partial charge in [0.2, 0.25) is 5.91 Å². The van der Waals surface area contributed by atoms with E-state index in [9.17, 15) is 35.6 Å². The van der Waals surface area contributed by atoms with Gasteiger partial charge in [0.25, 0.3) is 10.0 Å². The number of ether oxygens (including phenoxy) is 1. The summed E-state index contributed by atoms with van der Waals surface area (Å²) in [5.41, 5.74) is 5.46. The maximum absolute atomic E-state index is 14.6. The lowest BCUT2D eigenvalue weighted by Gasteiger charge is -2.43. The number of anilines is 1. The minimum atomic E-state index is -5.28. The molecule has 9 nitrogen and oxygen atoms in total. The number of benzene rings is 3. The summed E-state index contributed by atoms with van der Waals surface area (Å²) >= 11 is 0. The number of carbonyl (C=O) groups excluding carboxylic acids is 2. The second-order valence-electron chi connectivity index (χ2n) is 13.0. The molecule has 2 heterocycles. The Hall–Kier alpha value is -4.01. The fraction of sp³-hybridized carbons (Fsp3) is 0.412. The van der Waals surface area contributed by atoms with Gasteiger partial charge >= 0.3 is 12.1 Å². The summed E-state index contributed by atoms with van der Waals surface area (Å²) in [6.07, 6.45) is -4.88. The number of halogens is 4. The second-order valence-corrected chi connectivity index (χ2v) is 14.9. The molecule has 3 aromatic rings. The van der Waals surface area contributed by atoms with Crippen LogP contribution in [0.5, 0.6) is 0 Å². The zero-order valence-corrected chi connectivity index (χ0v) is 27.4. The third-order valence-electron chi connectivity index (χ3n) is 8.74. The van der Waals surface area contributed by atoms with Crippen molar-refractivity contribution in [1.29, 1.82) is 0 Å². The number of hydrogen-bond acceptors (Lipinski definition) is 6. The summed E-state index contributed by atoms with van der Waals surface area (Å²) in [5.74, 6) is -3.52. The van der Waals surface area contributed by atoms with Crippen molar-refractivity contribution in [3.05, 3.63) is 95.8 Å². The molecule has 1 saturated heterocycles. The molecular formula is C34H38F4N4O5S. The van der Waals surface area contributed by atoms with E-state index in [1.165, 1.54) is 53.4 Å². The third kappa shape index (κ3) is 7.50. The van der Waals surface area contributed by atoms with E-state index in [2.05, 4.69) is 0 Å². The van der Waals surface area contributed by atoms with Gasteiger partial charge in [-0.1, -0.05) is 48.5 Å². The van der Waals surface area contributed by atoms with Gasteiger partial charge in [0, 0.05) is 37.1 Å². The molecule has 0 saturated carbocycles. The van der Waals surface area contributed by atoms with Crippen LogP contribution in [0.4, 0.5) is 23.2 Å². The Morgan fingerprint density at radius 1 is 0.979 bits per heavy atom. The van der Waals surface area contributed by atoms with Gasteiger partial charge in [-0.15, -0.1) is 0 Å². The quantitative estimate of drug-likeness (QED) is 0.311. The molecule has 2 amide bonds. The second kappa shape index (κ2) is 13.5. The van der Waals surface area contributed by atoms with Gasteiger partial charge < -0.3 is 20.3 Å². The van der Waals surface area contributed by atoms with Crippen LogP contribution in [0.1, 0.15) is 37.8 Å². The van der Waals surface area contributed by atoms with Crippen molar-refractivity contribution < 1.29 is 40.3 Å². The lowest BCUT2D eigenvalue weighted by molar-refractivity contribution is -0.191. The highest BCUT2D eigenvalue weighted by molar-refractivity contribution is 7.92. The van der Waals surface area contributed by atoms with E-state index < -0.39 is 64.0 Å². The lowest BCUT2D eigenvalue weighted by Crippen LogP contribution is -2.61. The Morgan fingerprint density at radius 2 is 1.58 bits per heavy atom. The molecule has 2 aliphatic rings. The molecule has 0 aliphatic carbocycles. The van der Waals surface area contributed by atoms with Crippen LogP contribution in [0.2, 0.25) is 0 Å². The summed E-state index contributed by atoms with van der Waals surface area (Å²) in [7, 11) is -4.02. The van der Waals surface area contributed by atoms with Crippen LogP contribution in [0.15, 0.2) is 83.8 Å². The highest BCUT2D eigenvalue weighted by atomic mass is 32.2. The number of rotatable bonds is 10. The molecule has 0 aromatic heterocycles. The average Bonchev–Trinajstić information content (AvgIpc) is 3.35. The minimum absolute atomic E-state index is 0.00525. The van der Waals surface area contributed by atoms with E-state index in [0.29, 0.717) is 16.2 Å². The molecule has 14 heteroatoms. The lowest BCUT2D eigenvalue weighted by atomic mass is 9.74. The van der Waals surface area contributed by atoms with Crippen LogP contribution >= 0.6 is 0 Å². The molecule has 48 heavy (non-hydrogen) atoms. The largest absolute Gasteiger partial charge is 0.471 e. The van der Waals surface area contributed by atoms with E-state index in [4.69, 9.17) is 10.5 Å². The number of hydrogen-bond donors (Lipinski definition) is 1. The van der Waals surface area contributed by atoms with E-state index in [1.807, 2.05) is 0 Å². The van der Waals surface area contributed by atoms with Crippen LogP contribution in [0.25, 0.3) is 0 Å². The predicted octanol–water partition coefficient (Wildman–Crippen LogP) is 4.61. The Bertz CT molecular complexity index is 1730. The first-order valence-electron chi connectivity index (χ1n) is 15.5. The first-order valence-corrected chi connectivity index (χ1v) is 16.9. The maximum atomic E-state index is 14.6. The van der Waals surface area contributed by atoms with Crippen LogP contribution in [-0.4, -0.2) is 80.6 Å². The normalized spacial score (nSPS) is 16.9. The fourth-order valence-corrected chi connectivity index (χ4v) is 8.00. The van der Waals surface area contributed by atoms with Crippen molar-refractivity contribution in [1.82, 2.24) is 9.80 Å². The first kappa shape index (κ1) is 35.3. The number of nitrogens with two attached hydrogens (primary N) is 1. The van der Waals surface area contributed by atoms with E-state index in [0.717, 1.165) is 5.56 Å². The molecule has 258 valence electrons. The summed E-state index contributed by atoms with van der Waals surface area (Å²) in [5, 5.41) is 0. The van der Waals surface area contributed by atoms with Crippen molar-refractivity contribution in [2.75, 3.05) is 37.1 Å². The molecule has 3 aromatic carbocycles. The zero-order valence-electron chi connectivity index (χ0n) is 26.6. The average molecular weight is 691 g/mol. The maximum Gasteiger partial charge on any atom is 0.471 e. The highest BCUT2D eigenvalue weighted by Gasteiger charge is 2.51. The first-order chi connectivity index (χ1) is 22.5. The fourth-order valence-electron chi connectivity index (χ4n) is 6.41. The van der Waals surface area contributed by atoms with Crippen molar-refractivity contribution in [3.63, 3.8) is 0 Å². The smallest absolute Gasteiger partial charge is 0.374 e. The van der Waals surface area contributed by atoms with Gasteiger partial charge in [0.1, 0.15) is 11.9 Å². The standard InChI is InChI=1S/C34H38F4N4O5S/c1-32(2,39)22-41(31(44)34(36,37)38)29(21-47-20-24-9-5-3-6-10-24)30(43)40-17-15-33(16-18-40)23-42(28-14-13-25(35)19-27(28)33)48(45,46)26-11-7-4-8-12-26/h3-14,19,29H,15-18,20-23,39H2,1-2H3/t29-/m1/s1. The minimum Gasteiger partial charge on any atom is -0.374 e. The number of alkyl halides is 3. The monoisotopic (exact) mass is 690 g/mol. The number of nitrogens with zero attached hydrogens (tertiary/aromatic N) is 3. The molecule has 2 N–H and O–H groups in total. The van der Waals surface area contributed by atoms with Gasteiger partial charge in [-0.3, -0.25) is 13.9 Å². The molecule has 1 fully saturated rings. The van der Waals surface area contributed by atoms with Gasteiger partial charge in [-0.25, -0.2) is 12.8 Å². The van der Waals surface area contributed by atoms with Gasteiger partial charge in [0.15, 0.2) is 0 Å². The molecule has 0 bridgehead atoms. The molecule has 0 radical (unpaired) electrons. The molecular weight excluding hydrogens is 652 g/mol. The molecule has 1 spiro atoms. The SMILES string of the molecule is CC(C)(N)CN(C(=O)C(F)(F)F)[C@H](COCc1ccccc1)C(=O)N1CCC2(CC1)CN(S(=O)(=O)c1ccccc1)c1ccc(F)cc12. The molecule has 1 atom stereocenters. The van der Waals surface area contributed by atoms with Crippen molar-refractivity contribution >= 4 is 27.5 Å². The number of carbonyl (C=O) groups is 2. The van der Waals surface area contributed by atoms with E-state index in [1.54, 1.807) is 48.5 Å². The topological polar surface area (TPSA) is 113 Å². The number of amides is 2.